The summed E-state index contributed by atoms with van der Waals surface area (Å²) in [5, 5.41) is 2.80. The predicted octanol–water partition coefficient (Wildman–Crippen LogP) is 1.57. The fourth-order valence-electron chi connectivity index (χ4n) is 3.28. The van der Waals surface area contributed by atoms with Gasteiger partial charge in [0, 0.05) is 16.8 Å². The zero-order chi connectivity index (χ0) is 16.6. The Morgan fingerprint density at radius 3 is 2.58 bits per heavy atom. The van der Waals surface area contributed by atoms with Gasteiger partial charge in [0.25, 0.3) is 0 Å². The van der Waals surface area contributed by atoms with Crippen LogP contribution in [0.2, 0.25) is 0 Å². The molecule has 4 nitrogen and oxygen atoms in total. The Morgan fingerprint density at radius 2 is 1.88 bits per heavy atom. The Balaban J connectivity index is 0.00000208. The largest absolute Gasteiger partial charge is 1.00 e. The molecular formula is C19H23IN2O2. The van der Waals surface area contributed by atoms with E-state index in [1.165, 1.54) is 22.4 Å². The van der Waals surface area contributed by atoms with Gasteiger partial charge in [-0.15, -0.1) is 0 Å². The Kier molecular flexibility index (Phi) is 5.55. The van der Waals surface area contributed by atoms with Crippen LogP contribution in [0.5, 0.6) is 0 Å². The predicted molar refractivity (Wildman–Crippen MR) is 94.6 cm³/mol. The van der Waals surface area contributed by atoms with Crippen molar-refractivity contribution in [3.63, 3.8) is 0 Å². The summed E-state index contributed by atoms with van der Waals surface area (Å²) >= 11 is 0. The van der Waals surface area contributed by atoms with Gasteiger partial charge in [-0.1, -0.05) is 18.2 Å². The van der Waals surface area contributed by atoms with Crippen LogP contribution >= 0.6 is 0 Å². The number of benzene rings is 2. The van der Waals surface area contributed by atoms with Crippen LogP contribution in [0, 0.1) is 0 Å². The molecule has 1 unspecified atom stereocenters. The van der Waals surface area contributed by atoms with E-state index in [0.29, 0.717) is 12.6 Å². The van der Waals surface area contributed by atoms with E-state index in [9.17, 15) is 4.79 Å². The van der Waals surface area contributed by atoms with Gasteiger partial charge in [0.1, 0.15) is 11.7 Å². The van der Waals surface area contributed by atoms with E-state index >= 15 is 0 Å². The van der Waals surface area contributed by atoms with E-state index in [1.807, 2.05) is 6.07 Å². The maximum atomic E-state index is 11.7. The number of nitrogens with one attached hydrogen (secondary N) is 1. The summed E-state index contributed by atoms with van der Waals surface area (Å²) < 4.78 is 5.74. The van der Waals surface area contributed by atoms with Crippen molar-refractivity contribution in [2.45, 2.75) is 19.9 Å². The molecule has 128 valence electrons. The third kappa shape index (κ3) is 3.15. The molecule has 0 aromatic heterocycles. The number of carbonyl (C=O) groups excluding carboxylic acids is 1. The Morgan fingerprint density at radius 1 is 1.17 bits per heavy atom. The standard InChI is InChI=1S/C19H22N2O2.HI/c1-5-23-19(22)20-14-10-11-15-16-8-6-7-9-18(16)21(3,4)13(2)17(15)12-14;/h6-13H,5H2,1-4H3;1H. The summed E-state index contributed by atoms with van der Waals surface area (Å²) in [5.41, 5.74) is 5.82. The summed E-state index contributed by atoms with van der Waals surface area (Å²) in [6.45, 7) is 4.39. The minimum Gasteiger partial charge on any atom is -1.00 e. The average molecular weight is 438 g/mol. The summed E-state index contributed by atoms with van der Waals surface area (Å²) in [6.07, 6.45) is -0.412. The number of para-hydroxylation sites is 1. The van der Waals surface area contributed by atoms with Crippen LogP contribution in [0.25, 0.3) is 11.1 Å². The summed E-state index contributed by atoms with van der Waals surface area (Å²) in [5.74, 6) is 0. The van der Waals surface area contributed by atoms with Crippen molar-refractivity contribution in [2.75, 3.05) is 26.0 Å². The van der Waals surface area contributed by atoms with Gasteiger partial charge < -0.3 is 28.7 Å². The normalized spacial score (nSPS) is 17.1. The molecule has 1 heterocycles. The lowest BCUT2D eigenvalue weighted by Crippen LogP contribution is -3.00. The first-order valence-electron chi connectivity index (χ1n) is 7.96. The lowest BCUT2D eigenvalue weighted by Gasteiger charge is -2.41. The van der Waals surface area contributed by atoms with Crippen LogP contribution in [-0.2, 0) is 4.74 Å². The highest BCUT2D eigenvalue weighted by Crippen LogP contribution is 2.47. The van der Waals surface area contributed by atoms with Crippen molar-refractivity contribution in [1.29, 1.82) is 0 Å². The smallest absolute Gasteiger partial charge is 0.411 e. The van der Waals surface area contributed by atoms with E-state index in [4.69, 9.17) is 4.74 Å². The van der Waals surface area contributed by atoms with Gasteiger partial charge in [0.15, 0.2) is 0 Å². The molecule has 1 N–H and O–H groups in total. The van der Waals surface area contributed by atoms with Crippen molar-refractivity contribution in [3.05, 3.63) is 48.0 Å². The minimum absolute atomic E-state index is 0. The zero-order valence-corrected chi connectivity index (χ0v) is 16.6. The first-order chi connectivity index (χ1) is 10.9. The van der Waals surface area contributed by atoms with Gasteiger partial charge >= 0.3 is 6.09 Å². The van der Waals surface area contributed by atoms with Gasteiger partial charge in [-0.3, -0.25) is 9.80 Å². The number of amides is 1. The molecule has 1 aliphatic rings. The lowest BCUT2D eigenvalue weighted by atomic mass is 9.87. The molecular weight excluding hydrogens is 415 g/mol. The number of quaternary nitrogens is 1. The summed E-state index contributed by atoms with van der Waals surface area (Å²) in [7, 11) is 4.44. The van der Waals surface area contributed by atoms with Gasteiger partial charge in [0.2, 0.25) is 0 Å². The number of carbonyl (C=O) groups is 1. The van der Waals surface area contributed by atoms with Crippen molar-refractivity contribution in [3.8, 4) is 11.1 Å². The minimum atomic E-state index is -0.412. The number of ether oxygens (including phenoxy) is 1. The molecule has 0 saturated carbocycles. The number of hydrogen-bond donors (Lipinski definition) is 1. The highest BCUT2D eigenvalue weighted by molar-refractivity contribution is 5.88. The molecule has 0 bridgehead atoms. The molecule has 24 heavy (non-hydrogen) atoms. The number of hydrogen-bond acceptors (Lipinski definition) is 2. The number of nitrogens with zero attached hydrogens (tertiary/aromatic N) is 1. The van der Waals surface area contributed by atoms with E-state index in [0.717, 1.165) is 10.2 Å². The van der Waals surface area contributed by atoms with Gasteiger partial charge in [-0.25, -0.2) is 4.79 Å². The van der Waals surface area contributed by atoms with Gasteiger partial charge in [0.05, 0.1) is 20.7 Å². The second-order valence-corrected chi connectivity index (χ2v) is 6.38. The molecule has 2 aromatic carbocycles. The van der Waals surface area contributed by atoms with Crippen LogP contribution < -0.4 is 33.8 Å². The monoisotopic (exact) mass is 438 g/mol. The summed E-state index contributed by atoms with van der Waals surface area (Å²) in [4.78, 5) is 11.7. The van der Waals surface area contributed by atoms with E-state index < -0.39 is 6.09 Å². The van der Waals surface area contributed by atoms with Crippen molar-refractivity contribution in [1.82, 2.24) is 4.48 Å². The number of rotatable bonds is 2. The summed E-state index contributed by atoms with van der Waals surface area (Å²) in [6, 6.07) is 14.9. The fourth-order valence-corrected chi connectivity index (χ4v) is 3.28. The average Bonchev–Trinajstić information content (AvgIpc) is 2.53. The molecule has 1 atom stereocenters. The van der Waals surface area contributed by atoms with E-state index in [-0.39, 0.29) is 24.0 Å². The quantitative estimate of drug-likeness (QED) is 0.571. The second kappa shape index (κ2) is 7.11. The van der Waals surface area contributed by atoms with E-state index in [1.54, 1.807) is 6.92 Å². The Hall–Kier alpha value is -1.60. The van der Waals surface area contributed by atoms with Crippen LogP contribution in [0.15, 0.2) is 42.5 Å². The molecule has 0 spiro atoms. The molecule has 0 radical (unpaired) electrons. The molecule has 1 amide bonds. The lowest BCUT2D eigenvalue weighted by molar-refractivity contribution is -0.0000104. The molecule has 5 heteroatoms. The van der Waals surface area contributed by atoms with Gasteiger partial charge in [-0.05, 0) is 43.7 Å². The molecule has 1 aliphatic heterocycles. The first-order valence-corrected chi connectivity index (χ1v) is 7.96. The van der Waals surface area contributed by atoms with Crippen LogP contribution in [-0.4, -0.2) is 26.8 Å². The molecule has 0 fully saturated rings. The molecule has 0 aliphatic carbocycles. The zero-order valence-electron chi connectivity index (χ0n) is 14.5. The maximum absolute atomic E-state index is 11.7. The van der Waals surface area contributed by atoms with Crippen molar-refractivity contribution >= 4 is 17.5 Å². The van der Waals surface area contributed by atoms with E-state index in [2.05, 4.69) is 62.7 Å². The van der Waals surface area contributed by atoms with Gasteiger partial charge in [-0.2, -0.15) is 0 Å². The van der Waals surface area contributed by atoms with Crippen LogP contribution in [0.1, 0.15) is 25.5 Å². The second-order valence-electron chi connectivity index (χ2n) is 6.38. The SMILES string of the molecule is CCOC(=O)Nc1ccc2c(c1)C(C)[N+](C)(C)c1ccccc1-2.[I-]. The molecule has 2 aromatic rings. The van der Waals surface area contributed by atoms with Crippen LogP contribution in [0.4, 0.5) is 16.2 Å². The van der Waals surface area contributed by atoms with Crippen molar-refractivity contribution in [2.24, 2.45) is 0 Å². The number of fused-ring (bicyclic) bond motifs is 3. The maximum Gasteiger partial charge on any atom is 0.411 e. The Labute approximate surface area is 160 Å². The highest BCUT2D eigenvalue weighted by Gasteiger charge is 2.37. The first kappa shape index (κ1) is 18.7. The highest BCUT2D eigenvalue weighted by atomic mass is 127. The van der Waals surface area contributed by atoms with Crippen molar-refractivity contribution < 1.29 is 33.5 Å². The third-order valence-electron chi connectivity index (χ3n) is 4.81. The molecule has 3 rings (SSSR count). The molecule has 0 saturated heterocycles. The third-order valence-corrected chi connectivity index (χ3v) is 4.81. The number of anilines is 1. The topological polar surface area (TPSA) is 38.3 Å². The number of halogens is 1. The fraction of sp³-hybridized carbons (Fsp3) is 0.316. The van der Waals surface area contributed by atoms with Crippen LogP contribution in [0.3, 0.4) is 0 Å². The Bertz CT molecular complexity index is 759.